The topological polar surface area (TPSA) is 59.2 Å². The maximum Gasteiger partial charge on any atom is 0.233 e. The number of hydrogen-bond donors (Lipinski definition) is 1. The van der Waals surface area contributed by atoms with Crippen LogP contribution in [0.2, 0.25) is 0 Å². The molecule has 0 fully saturated rings. The van der Waals surface area contributed by atoms with Crippen LogP contribution in [0.25, 0.3) is 10.2 Å². The summed E-state index contributed by atoms with van der Waals surface area (Å²) in [5.41, 5.74) is 6.55. The molecule has 6 heteroatoms. The molecule has 2 aromatic rings. The van der Waals surface area contributed by atoms with Gasteiger partial charge in [-0.2, -0.15) is 0 Å². The summed E-state index contributed by atoms with van der Waals surface area (Å²) >= 11 is 3.11. The van der Waals surface area contributed by atoms with Gasteiger partial charge in [-0.25, -0.2) is 4.98 Å². The number of nitrogens with zero attached hydrogens (tertiary/aromatic N) is 2. The minimum absolute atomic E-state index is 0.0727. The summed E-state index contributed by atoms with van der Waals surface area (Å²) in [5.74, 6) is 0.489. The lowest BCUT2D eigenvalue weighted by atomic mass is 10.3. The van der Waals surface area contributed by atoms with Gasteiger partial charge in [-0.1, -0.05) is 23.9 Å². The molecule has 0 aliphatic rings. The van der Waals surface area contributed by atoms with Crippen molar-refractivity contribution in [2.45, 2.75) is 17.3 Å². The van der Waals surface area contributed by atoms with Crippen molar-refractivity contribution in [1.29, 1.82) is 0 Å². The lowest BCUT2D eigenvalue weighted by molar-refractivity contribution is -0.128. The third kappa shape index (κ3) is 3.46. The highest BCUT2D eigenvalue weighted by molar-refractivity contribution is 8.01. The summed E-state index contributed by atoms with van der Waals surface area (Å²) in [6.45, 7) is 2.42. The predicted octanol–water partition coefficient (Wildman–Crippen LogP) is 2.19. The standard InChI is InChI=1S/C13H17N3OS2/c1-9(7-14)16(2)12(17)8-18-13-15-10-5-3-4-6-11(10)19-13/h3-6,9H,7-8,14H2,1-2H3. The molecule has 1 unspecified atom stereocenters. The number of carbonyl (C=O) groups is 1. The van der Waals surface area contributed by atoms with Gasteiger partial charge in [-0.15, -0.1) is 11.3 Å². The van der Waals surface area contributed by atoms with Crippen LogP contribution in [0.1, 0.15) is 6.92 Å². The Hall–Kier alpha value is -1.11. The Labute approximate surface area is 121 Å². The second kappa shape index (κ2) is 6.36. The third-order valence-corrected chi connectivity index (χ3v) is 5.15. The number of amides is 1. The summed E-state index contributed by atoms with van der Waals surface area (Å²) in [6, 6.07) is 8.07. The third-order valence-electron chi connectivity index (χ3n) is 2.99. The predicted molar refractivity (Wildman–Crippen MR) is 81.6 cm³/mol. The molecule has 0 saturated carbocycles. The van der Waals surface area contributed by atoms with Crippen LogP contribution in [-0.4, -0.2) is 41.2 Å². The Balaban J connectivity index is 1.96. The number of thiazole rings is 1. The van der Waals surface area contributed by atoms with E-state index in [2.05, 4.69) is 4.98 Å². The maximum atomic E-state index is 12.0. The molecule has 1 aromatic carbocycles. The number of rotatable bonds is 5. The van der Waals surface area contributed by atoms with Crippen molar-refractivity contribution in [1.82, 2.24) is 9.88 Å². The molecule has 0 saturated heterocycles. The van der Waals surface area contributed by atoms with Crippen LogP contribution in [0.5, 0.6) is 0 Å². The molecule has 0 aliphatic heterocycles. The van der Waals surface area contributed by atoms with Gasteiger partial charge >= 0.3 is 0 Å². The highest BCUT2D eigenvalue weighted by Gasteiger charge is 2.15. The fourth-order valence-corrected chi connectivity index (χ4v) is 3.53. The van der Waals surface area contributed by atoms with Crippen molar-refractivity contribution in [3.8, 4) is 0 Å². The van der Waals surface area contributed by atoms with Crippen LogP contribution >= 0.6 is 23.1 Å². The van der Waals surface area contributed by atoms with Crippen LogP contribution in [0, 0.1) is 0 Å². The number of thioether (sulfide) groups is 1. The molecule has 19 heavy (non-hydrogen) atoms. The van der Waals surface area contributed by atoms with Crippen LogP contribution in [0.15, 0.2) is 28.6 Å². The van der Waals surface area contributed by atoms with Crippen molar-refractivity contribution in [3.63, 3.8) is 0 Å². The molecule has 2 N–H and O–H groups in total. The Morgan fingerprint density at radius 3 is 2.95 bits per heavy atom. The Bertz CT molecular complexity index is 537. The van der Waals surface area contributed by atoms with E-state index in [0.29, 0.717) is 12.3 Å². The molecule has 4 nitrogen and oxygen atoms in total. The van der Waals surface area contributed by atoms with Gasteiger partial charge in [0, 0.05) is 19.6 Å². The molecule has 1 heterocycles. The normalized spacial score (nSPS) is 12.6. The van der Waals surface area contributed by atoms with Crippen LogP contribution in [0.3, 0.4) is 0 Å². The molecular formula is C13H17N3OS2. The van der Waals surface area contributed by atoms with Crippen molar-refractivity contribution in [3.05, 3.63) is 24.3 Å². The van der Waals surface area contributed by atoms with Crippen molar-refractivity contribution in [2.75, 3.05) is 19.3 Å². The fraction of sp³-hybridized carbons (Fsp3) is 0.385. The minimum Gasteiger partial charge on any atom is -0.341 e. The van der Waals surface area contributed by atoms with Gasteiger partial charge in [0.05, 0.1) is 16.0 Å². The van der Waals surface area contributed by atoms with Crippen molar-refractivity contribution >= 4 is 39.2 Å². The van der Waals surface area contributed by atoms with Gasteiger partial charge in [-0.05, 0) is 19.1 Å². The number of para-hydroxylation sites is 1. The first-order valence-electron chi connectivity index (χ1n) is 6.06. The maximum absolute atomic E-state index is 12.0. The quantitative estimate of drug-likeness (QED) is 0.859. The molecule has 1 atom stereocenters. The van der Waals surface area contributed by atoms with E-state index >= 15 is 0 Å². The second-order valence-electron chi connectivity index (χ2n) is 4.33. The van der Waals surface area contributed by atoms with Gasteiger partial charge in [0.1, 0.15) is 0 Å². The van der Waals surface area contributed by atoms with E-state index in [4.69, 9.17) is 5.73 Å². The summed E-state index contributed by atoms with van der Waals surface area (Å²) in [6.07, 6.45) is 0. The van der Waals surface area contributed by atoms with E-state index < -0.39 is 0 Å². The molecule has 1 amide bonds. The number of hydrogen-bond acceptors (Lipinski definition) is 5. The monoisotopic (exact) mass is 295 g/mol. The summed E-state index contributed by atoms with van der Waals surface area (Å²) < 4.78 is 2.09. The Kier molecular flexibility index (Phi) is 4.79. The van der Waals surface area contributed by atoms with E-state index in [-0.39, 0.29) is 11.9 Å². The Morgan fingerprint density at radius 1 is 1.53 bits per heavy atom. The zero-order chi connectivity index (χ0) is 13.8. The van der Waals surface area contributed by atoms with Gasteiger partial charge in [0.15, 0.2) is 4.34 Å². The number of aromatic nitrogens is 1. The number of fused-ring (bicyclic) bond motifs is 1. The van der Waals surface area contributed by atoms with Crippen LogP contribution in [0.4, 0.5) is 0 Å². The average Bonchev–Trinajstić information content (AvgIpc) is 2.85. The first kappa shape index (κ1) is 14.3. The van der Waals surface area contributed by atoms with E-state index in [1.807, 2.05) is 31.2 Å². The number of nitrogens with two attached hydrogens (primary N) is 1. The zero-order valence-corrected chi connectivity index (χ0v) is 12.6. The summed E-state index contributed by atoms with van der Waals surface area (Å²) in [4.78, 5) is 18.1. The van der Waals surface area contributed by atoms with Gasteiger partial charge in [0.25, 0.3) is 0 Å². The fourth-order valence-electron chi connectivity index (χ4n) is 1.54. The smallest absolute Gasteiger partial charge is 0.233 e. The SMILES string of the molecule is CC(CN)N(C)C(=O)CSc1nc2ccccc2s1. The van der Waals surface area contributed by atoms with E-state index in [1.54, 1.807) is 23.3 Å². The lowest BCUT2D eigenvalue weighted by Crippen LogP contribution is -2.40. The van der Waals surface area contributed by atoms with Gasteiger partial charge < -0.3 is 10.6 Å². The molecule has 0 bridgehead atoms. The van der Waals surface area contributed by atoms with Gasteiger partial charge in [0.2, 0.25) is 5.91 Å². The van der Waals surface area contributed by atoms with Crippen LogP contribution in [-0.2, 0) is 4.79 Å². The Morgan fingerprint density at radius 2 is 2.26 bits per heavy atom. The molecule has 0 spiro atoms. The average molecular weight is 295 g/mol. The molecule has 102 valence electrons. The summed E-state index contributed by atoms with van der Waals surface area (Å²) in [7, 11) is 1.79. The van der Waals surface area contributed by atoms with E-state index in [1.165, 1.54) is 11.8 Å². The lowest BCUT2D eigenvalue weighted by Gasteiger charge is -2.23. The highest BCUT2D eigenvalue weighted by atomic mass is 32.2. The van der Waals surface area contributed by atoms with Crippen LogP contribution < -0.4 is 5.73 Å². The van der Waals surface area contributed by atoms with Gasteiger partial charge in [-0.3, -0.25) is 4.79 Å². The highest BCUT2D eigenvalue weighted by Crippen LogP contribution is 2.29. The van der Waals surface area contributed by atoms with Crippen molar-refractivity contribution < 1.29 is 4.79 Å². The molecular weight excluding hydrogens is 278 g/mol. The molecule has 0 radical (unpaired) electrons. The first-order chi connectivity index (χ1) is 9.11. The largest absolute Gasteiger partial charge is 0.341 e. The minimum atomic E-state index is 0.0727. The van der Waals surface area contributed by atoms with E-state index in [0.717, 1.165) is 14.6 Å². The number of carbonyl (C=O) groups excluding carboxylic acids is 1. The second-order valence-corrected chi connectivity index (χ2v) is 6.58. The van der Waals surface area contributed by atoms with Crippen molar-refractivity contribution in [2.24, 2.45) is 5.73 Å². The van der Waals surface area contributed by atoms with E-state index in [9.17, 15) is 4.79 Å². The summed E-state index contributed by atoms with van der Waals surface area (Å²) in [5, 5.41) is 0. The molecule has 0 aliphatic carbocycles. The number of benzene rings is 1. The number of likely N-dealkylation sites (N-methyl/N-ethyl adjacent to an activating group) is 1. The molecule has 1 aromatic heterocycles. The first-order valence-corrected chi connectivity index (χ1v) is 7.86. The molecule has 2 rings (SSSR count). The zero-order valence-electron chi connectivity index (χ0n) is 11.0.